The predicted molar refractivity (Wildman–Crippen MR) is 97.8 cm³/mol. The first-order valence-electron chi connectivity index (χ1n) is 7.92. The van der Waals surface area contributed by atoms with Crippen LogP contribution in [0.15, 0.2) is 48.0 Å². The first kappa shape index (κ1) is 18.9. The minimum Gasteiger partial charge on any atom is -0.502 e. The average Bonchev–Trinajstić information content (AvgIpc) is 2.67. The number of ether oxygens (including phenoxy) is 2. The molecule has 0 fully saturated rings. The van der Waals surface area contributed by atoms with E-state index >= 15 is 0 Å². The van der Waals surface area contributed by atoms with Gasteiger partial charge in [-0.3, -0.25) is 4.79 Å². The second-order valence-electron chi connectivity index (χ2n) is 5.55. The maximum atomic E-state index is 12.4. The molecule has 0 aliphatic heterocycles. The highest BCUT2D eigenvalue weighted by molar-refractivity contribution is 6.02. The molecule has 0 radical (unpaired) electrons. The van der Waals surface area contributed by atoms with E-state index in [4.69, 9.17) is 9.47 Å². The molecule has 0 aromatic heterocycles. The number of rotatable bonds is 6. The van der Waals surface area contributed by atoms with Crippen molar-refractivity contribution in [2.75, 3.05) is 14.2 Å². The van der Waals surface area contributed by atoms with Gasteiger partial charge in [-0.25, -0.2) is 0 Å². The van der Waals surface area contributed by atoms with Gasteiger partial charge in [0.05, 0.1) is 20.3 Å². The summed E-state index contributed by atoms with van der Waals surface area (Å²) in [6.07, 6.45) is 1.41. The standard InChI is InChI=1S/C20H20N2O4/c1-13(15-7-5-4-6-8-15)22-20(24)16(12-21)9-14-10-17(25-2)19(23)18(11-14)26-3/h4-11,13,23H,1-3H3,(H,22,24)/b16-9+/t13-/m0/s1. The molecule has 0 saturated carbocycles. The van der Waals surface area contributed by atoms with Crippen LogP contribution in [0.25, 0.3) is 6.08 Å². The normalized spacial score (nSPS) is 12.0. The van der Waals surface area contributed by atoms with Gasteiger partial charge in [-0.1, -0.05) is 30.3 Å². The van der Waals surface area contributed by atoms with Crippen LogP contribution in [0.1, 0.15) is 24.1 Å². The van der Waals surface area contributed by atoms with Crippen molar-refractivity contribution in [3.8, 4) is 23.3 Å². The van der Waals surface area contributed by atoms with E-state index in [1.165, 1.54) is 32.4 Å². The van der Waals surface area contributed by atoms with Gasteiger partial charge in [-0.2, -0.15) is 5.26 Å². The Morgan fingerprint density at radius 1 is 1.19 bits per heavy atom. The zero-order chi connectivity index (χ0) is 19.1. The van der Waals surface area contributed by atoms with Crippen molar-refractivity contribution in [1.82, 2.24) is 5.32 Å². The number of nitrogens with one attached hydrogen (secondary N) is 1. The van der Waals surface area contributed by atoms with Crippen LogP contribution in [0.5, 0.6) is 17.2 Å². The summed E-state index contributed by atoms with van der Waals surface area (Å²) in [7, 11) is 2.81. The molecule has 0 aliphatic rings. The van der Waals surface area contributed by atoms with Crippen LogP contribution in [-0.2, 0) is 4.79 Å². The van der Waals surface area contributed by atoms with Crippen molar-refractivity contribution in [2.24, 2.45) is 0 Å². The highest BCUT2D eigenvalue weighted by atomic mass is 16.5. The fourth-order valence-corrected chi connectivity index (χ4v) is 2.41. The van der Waals surface area contributed by atoms with Crippen LogP contribution in [0, 0.1) is 11.3 Å². The summed E-state index contributed by atoms with van der Waals surface area (Å²) in [5.41, 5.74) is 1.37. The minimum atomic E-state index is -0.491. The fourth-order valence-electron chi connectivity index (χ4n) is 2.41. The highest BCUT2D eigenvalue weighted by Crippen LogP contribution is 2.37. The summed E-state index contributed by atoms with van der Waals surface area (Å²) in [6.45, 7) is 1.84. The number of nitrogens with zero attached hydrogens (tertiary/aromatic N) is 1. The molecule has 134 valence electrons. The third-order valence-corrected chi connectivity index (χ3v) is 3.83. The van der Waals surface area contributed by atoms with Crippen molar-refractivity contribution in [2.45, 2.75) is 13.0 Å². The largest absolute Gasteiger partial charge is 0.502 e. The van der Waals surface area contributed by atoms with Gasteiger partial charge in [0.1, 0.15) is 11.6 Å². The molecule has 0 unspecified atom stereocenters. The number of benzene rings is 2. The van der Waals surface area contributed by atoms with E-state index in [2.05, 4.69) is 5.32 Å². The molecular formula is C20H20N2O4. The third kappa shape index (κ3) is 4.33. The number of amides is 1. The lowest BCUT2D eigenvalue weighted by Gasteiger charge is -2.14. The van der Waals surface area contributed by atoms with E-state index in [9.17, 15) is 15.2 Å². The van der Waals surface area contributed by atoms with E-state index in [0.29, 0.717) is 5.56 Å². The smallest absolute Gasteiger partial charge is 0.262 e. The lowest BCUT2D eigenvalue weighted by Crippen LogP contribution is -2.27. The Bertz CT molecular complexity index is 829. The Balaban J connectivity index is 2.27. The highest BCUT2D eigenvalue weighted by Gasteiger charge is 2.15. The summed E-state index contributed by atoms with van der Waals surface area (Å²) in [5, 5.41) is 22.1. The van der Waals surface area contributed by atoms with Gasteiger partial charge < -0.3 is 19.9 Å². The molecule has 2 aromatic carbocycles. The van der Waals surface area contributed by atoms with Gasteiger partial charge in [0.25, 0.3) is 5.91 Å². The zero-order valence-electron chi connectivity index (χ0n) is 14.8. The molecule has 0 saturated heterocycles. The maximum absolute atomic E-state index is 12.4. The summed E-state index contributed by atoms with van der Waals surface area (Å²) < 4.78 is 10.2. The van der Waals surface area contributed by atoms with Crippen LogP contribution >= 0.6 is 0 Å². The first-order valence-corrected chi connectivity index (χ1v) is 7.92. The molecule has 6 nitrogen and oxygen atoms in total. The molecule has 0 spiro atoms. The number of phenols is 1. The molecule has 6 heteroatoms. The summed E-state index contributed by atoms with van der Waals surface area (Å²) in [6, 6.07) is 14.1. The summed E-state index contributed by atoms with van der Waals surface area (Å²) in [4.78, 5) is 12.4. The van der Waals surface area contributed by atoms with Gasteiger partial charge in [0, 0.05) is 0 Å². The monoisotopic (exact) mass is 352 g/mol. The number of nitriles is 1. The Hall–Kier alpha value is -3.46. The van der Waals surface area contributed by atoms with Crippen LogP contribution in [0.4, 0.5) is 0 Å². The molecule has 0 heterocycles. The van der Waals surface area contributed by atoms with Gasteiger partial charge in [-0.15, -0.1) is 0 Å². The number of hydrogen-bond acceptors (Lipinski definition) is 5. The van der Waals surface area contributed by atoms with E-state index < -0.39 is 5.91 Å². The number of carbonyl (C=O) groups excluding carboxylic acids is 1. The molecule has 1 atom stereocenters. The van der Waals surface area contributed by atoms with E-state index in [1.54, 1.807) is 0 Å². The second kappa shape index (κ2) is 8.58. The molecule has 26 heavy (non-hydrogen) atoms. The maximum Gasteiger partial charge on any atom is 0.262 e. The van der Waals surface area contributed by atoms with Gasteiger partial charge >= 0.3 is 0 Å². The van der Waals surface area contributed by atoms with Gasteiger partial charge in [-0.05, 0) is 36.3 Å². The van der Waals surface area contributed by atoms with Crippen molar-refractivity contribution >= 4 is 12.0 Å². The molecule has 0 aliphatic carbocycles. The second-order valence-corrected chi connectivity index (χ2v) is 5.55. The van der Waals surface area contributed by atoms with E-state index in [1.807, 2.05) is 43.3 Å². The fraction of sp³-hybridized carbons (Fsp3) is 0.200. The van der Waals surface area contributed by atoms with Crippen LogP contribution in [0.2, 0.25) is 0 Å². The predicted octanol–water partition coefficient (Wildman–Crippen LogP) is 3.19. The number of carbonyl (C=O) groups is 1. The molecule has 2 rings (SSSR count). The Labute approximate surface area is 152 Å². The van der Waals surface area contributed by atoms with Crippen LogP contribution in [-0.4, -0.2) is 25.2 Å². The number of methoxy groups -OCH3 is 2. The summed E-state index contributed by atoms with van der Waals surface area (Å²) >= 11 is 0. The van der Waals surface area contributed by atoms with Gasteiger partial charge in [0.15, 0.2) is 11.5 Å². The lowest BCUT2D eigenvalue weighted by atomic mass is 10.1. The molecule has 1 amide bonds. The number of phenolic OH excluding ortho intramolecular Hbond substituents is 1. The third-order valence-electron chi connectivity index (χ3n) is 3.83. The van der Waals surface area contributed by atoms with Crippen molar-refractivity contribution < 1.29 is 19.4 Å². The molecular weight excluding hydrogens is 332 g/mol. The van der Waals surface area contributed by atoms with Crippen molar-refractivity contribution in [3.05, 3.63) is 59.2 Å². The zero-order valence-corrected chi connectivity index (χ0v) is 14.8. The van der Waals surface area contributed by atoms with E-state index in [0.717, 1.165) is 5.56 Å². The molecule has 0 bridgehead atoms. The van der Waals surface area contributed by atoms with Crippen LogP contribution in [0.3, 0.4) is 0 Å². The number of aromatic hydroxyl groups is 1. The lowest BCUT2D eigenvalue weighted by molar-refractivity contribution is -0.117. The molecule has 2 aromatic rings. The summed E-state index contributed by atoms with van der Waals surface area (Å²) in [5.74, 6) is -0.264. The van der Waals surface area contributed by atoms with Gasteiger partial charge in [0.2, 0.25) is 5.75 Å². The first-order chi connectivity index (χ1) is 12.5. The Morgan fingerprint density at radius 2 is 1.77 bits per heavy atom. The SMILES string of the molecule is COc1cc(/C=C(\C#N)C(=O)N[C@@H](C)c2ccccc2)cc(OC)c1O. The topological polar surface area (TPSA) is 91.6 Å². The van der Waals surface area contributed by atoms with Crippen LogP contribution < -0.4 is 14.8 Å². The van der Waals surface area contributed by atoms with Crippen molar-refractivity contribution in [3.63, 3.8) is 0 Å². The Morgan fingerprint density at radius 3 is 2.27 bits per heavy atom. The Kier molecular flexibility index (Phi) is 6.23. The average molecular weight is 352 g/mol. The van der Waals surface area contributed by atoms with Crippen molar-refractivity contribution in [1.29, 1.82) is 5.26 Å². The van der Waals surface area contributed by atoms with E-state index in [-0.39, 0.29) is 28.9 Å². The molecule has 2 N–H and O–H groups in total. The number of hydrogen-bond donors (Lipinski definition) is 2. The quantitative estimate of drug-likeness (QED) is 0.615. The minimum absolute atomic E-state index is 0.0671.